The normalized spacial score (nSPS) is 12.3. The first-order chi connectivity index (χ1) is 7.95. The summed E-state index contributed by atoms with van der Waals surface area (Å²) in [5.41, 5.74) is 5.80. The van der Waals surface area contributed by atoms with Crippen LogP contribution in [-0.4, -0.2) is 31.4 Å². The zero-order chi connectivity index (χ0) is 13.0. The smallest absolute Gasteiger partial charge is 0.226 e. The van der Waals surface area contributed by atoms with Crippen molar-refractivity contribution in [2.24, 2.45) is 11.7 Å². The van der Waals surface area contributed by atoms with Gasteiger partial charge in [-0.3, -0.25) is 4.79 Å². The molecule has 0 fully saturated rings. The molecule has 1 aromatic rings. The van der Waals surface area contributed by atoms with Crippen LogP contribution in [0.15, 0.2) is 18.2 Å². The van der Waals surface area contributed by atoms with Gasteiger partial charge in [-0.15, -0.1) is 0 Å². The van der Waals surface area contributed by atoms with Crippen LogP contribution in [0, 0.1) is 17.6 Å². The summed E-state index contributed by atoms with van der Waals surface area (Å²) >= 11 is 0. The number of halogens is 2. The van der Waals surface area contributed by atoms with E-state index in [2.05, 4.69) is 0 Å². The Labute approximate surface area is 99.2 Å². The molecule has 0 aliphatic rings. The van der Waals surface area contributed by atoms with E-state index in [0.29, 0.717) is 5.56 Å². The number of hydrogen-bond donors (Lipinski definition) is 1. The van der Waals surface area contributed by atoms with E-state index in [1.54, 1.807) is 14.1 Å². The molecule has 94 valence electrons. The molecule has 1 unspecified atom stereocenters. The summed E-state index contributed by atoms with van der Waals surface area (Å²) in [7, 11) is 3.23. The van der Waals surface area contributed by atoms with Gasteiger partial charge in [0.2, 0.25) is 5.91 Å². The first kappa shape index (κ1) is 13.6. The SMILES string of the molecule is CN(C)C(=O)C(CN)Cc1ccc(F)cc1F. The quantitative estimate of drug-likeness (QED) is 0.861. The minimum atomic E-state index is -0.644. The Balaban J connectivity index is 2.84. The molecule has 0 radical (unpaired) electrons. The Morgan fingerprint density at radius 1 is 1.41 bits per heavy atom. The molecule has 0 spiro atoms. The van der Waals surface area contributed by atoms with Crippen molar-refractivity contribution in [1.29, 1.82) is 0 Å². The lowest BCUT2D eigenvalue weighted by Crippen LogP contribution is -2.35. The summed E-state index contributed by atoms with van der Waals surface area (Å²) in [5, 5.41) is 0. The summed E-state index contributed by atoms with van der Waals surface area (Å²) in [6.07, 6.45) is 0.180. The van der Waals surface area contributed by atoms with Crippen LogP contribution in [-0.2, 0) is 11.2 Å². The molecule has 0 heterocycles. The minimum Gasteiger partial charge on any atom is -0.349 e. The second-order valence-corrected chi connectivity index (χ2v) is 4.11. The topological polar surface area (TPSA) is 46.3 Å². The third kappa shape index (κ3) is 3.49. The fourth-order valence-electron chi connectivity index (χ4n) is 1.59. The van der Waals surface area contributed by atoms with Gasteiger partial charge in [0.05, 0.1) is 5.92 Å². The molecule has 0 aliphatic heterocycles. The van der Waals surface area contributed by atoms with Gasteiger partial charge in [0, 0.05) is 26.7 Å². The third-order valence-corrected chi connectivity index (χ3v) is 2.56. The first-order valence-electron chi connectivity index (χ1n) is 5.31. The number of benzene rings is 1. The van der Waals surface area contributed by atoms with Crippen molar-refractivity contribution in [2.75, 3.05) is 20.6 Å². The summed E-state index contributed by atoms with van der Waals surface area (Å²) < 4.78 is 26.1. The Bertz CT molecular complexity index is 407. The minimum absolute atomic E-state index is 0.133. The predicted octanol–water partition coefficient (Wildman–Crippen LogP) is 1.17. The van der Waals surface area contributed by atoms with Crippen molar-refractivity contribution in [3.05, 3.63) is 35.4 Å². The second kappa shape index (κ2) is 5.72. The van der Waals surface area contributed by atoms with Gasteiger partial charge in [0.15, 0.2) is 0 Å². The molecular formula is C12H16F2N2O. The van der Waals surface area contributed by atoms with E-state index in [1.807, 2.05) is 0 Å². The van der Waals surface area contributed by atoms with E-state index in [4.69, 9.17) is 5.73 Å². The van der Waals surface area contributed by atoms with Crippen molar-refractivity contribution in [2.45, 2.75) is 6.42 Å². The number of amides is 1. The molecule has 0 aliphatic carbocycles. The molecule has 1 atom stereocenters. The van der Waals surface area contributed by atoms with Crippen LogP contribution < -0.4 is 5.73 Å². The molecule has 1 rings (SSSR count). The van der Waals surface area contributed by atoms with Gasteiger partial charge in [0.25, 0.3) is 0 Å². The van der Waals surface area contributed by atoms with Crippen molar-refractivity contribution >= 4 is 5.91 Å². The van der Waals surface area contributed by atoms with Gasteiger partial charge < -0.3 is 10.6 Å². The summed E-state index contributed by atoms with van der Waals surface area (Å²) in [6.45, 7) is 0.133. The van der Waals surface area contributed by atoms with E-state index >= 15 is 0 Å². The molecule has 0 saturated carbocycles. The Morgan fingerprint density at radius 2 is 2.06 bits per heavy atom. The number of hydrogen-bond acceptors (Lipinski definition) is 2. The van der Waals surface area contributed by atoms with Crippen LogP contribution >= 0.6 is 0 Å². The molecule has 2 N–H and O–H groups in total. The van der Waals surface area contributed by atoms with Crippen LogP contribution in [0.4, 0.5) is 8.78 Å². The molecule has 17 heavy (non-hydrogen) atoms. The lowest BCUT2D eigenvalue weighted by molar-refractivity contribution is -0.132. The van der Waals surface area contributed by atoms with Crippen LogP contribution in [0.1, 0.15) is 5.56 Å². The fourth-order valence-corrected chi connectivity index (χ4v) is 1.59. The lowest BCUT2D eigenvalue weighted by Gasteiger charge is -2.19. The maximum atomic E-state index is 13.4. The van der Waals surface area contributed by atoms with Crippen molar-refractivity contribution in [1.82, 2.24) is 4.90 Å². The van der Waals surface area contributed by atoms with Crippen molar-refractivity contribution in [3.63, 3.8) is 0 Å². The largest absolute Gasteiger partial charge is 0.349 e. The zero-order valence-electron chi connectivity index (χ0n) is 9.91. The van der Waals surface area contributed by atoms with Crippen LogP contribution in [0.5, 0.6) is 0 Å². The highest BCUT2D eigenvalue weighted by atomic mass is 19.1. The van der Waals surface area contributed by atoms with E-state index < -0.39 is 17.6 Å². The van der Waals surface area contributed by atoms with E-state index in [0.717, 1.165) is 6.07 Å². The lowest BCUT2D eigenvalue weighted by atomic mass is 9.98. The monoisotopic (exact) mass is 242 g/mol. The summed E-state index contributed by atoms with van der Waals surface area (Å²) in [6, 6.07) is 3.32. The van der Waals surface area contributed by atoms with Gasteiger partial charge in [-0.2, -0.15) is 0 Å². The Kier molecular flexibility index (Phi) is 4.57. The highest BCUT2D eigenvalue weighted by Crippen LogP contribution is 2.15. The molecule has 0 aromatic heterocycles. The maximum absolute atomic E-state index is 13.4. The van der Waals surface area contributed by atoms with Gasteiger partial charge in [-0.25, -0.2) is 8.78 Å². The molecule has 5 heteroatoms. The summed E-state index contributed by atoms with van der Waals surface area (Å²) in [4.78, 5) is 13.1. The molecule has 3 nitrogen and oxygen atoms in total. The van der Waals surface area contributed by atoms with E-state index in [9.17, 15) is 13.6 Å². The molecule has 1 amide bonds. The van der Waals surface area contributed by atoms with Gasteiger partial charge >= 0.3 is 0 Å². The van der Waals surface area contributed by atoms with Crippen molar-refractivity contribution < 1.29 is 13.6 Å². The Hall–Kier alpha value is -1.49. The second-order valence-electron chi connectivity index (χ2n) is 4.11. The van der Waals surface area contributed by atoms with Gasteiger partial charge in [0.1, 0.15) is 11.6 Å². The first-order valence-corrected chi connectivity index (χ1v) is 5.31. The number of carbonyl (C=O) groups excluding carboxylic acids is 1. The summed E-state index contributed by atoms with van der Waals surface area (Å²) in [5.74, 6) is -1.91. The third-order valence-electron chi connectivity index (χ3n) is 2.56. The highest BCUT2D eigenvalue weighted by Gasteiger charge is 2.20. The molecule has 1 aromatic carbocycles. The standard InChI is InChI=1S/C12H16F2N2O/c1-16(2)12(17)9(7-15)5-8-3-4-10(13)6-11(8)14/h3-4,6,9H,5,7,15H2,1-2H3. The molecule has 0 saturated heterocycles. The number of carbonyl (C=O) groups is 1. The van der Waals surface area contributed by atoms with E-state index in [1.165, 1.54) is 17.0 Å². The highest BCUT2D eigenvalue weighted by molar-refractivity contribution is 5.78. The Morgan fingerprint density at radius 3 is 2.53 bits per heavy atom. The van der Waals surface area contributed by atoms with E-state index in [-0.39, 0.29) is 18.9 Å². The average Bonchev–Trinajstić information content (AvgIpc) is 2.27. The molecule has 0 bridgehead atoms. The number of nitrogens with zero attached hydrogens (tertiary/aromatic N) is 1. The van der Waals surface area contributed by atoms with Gasteiger partial charge in [-0.05, 0) is 18.1 Å². The van der Waals surface area contributed by atoms with Gasteiger partial charge in [-0.1, -0.05) is 6.07 Å². The molecular weight excluding hydrogens is 226 g/mol. The maximum Gasteiger partial charge on any atom is 0.226 e. The fraction of sp³-hybridized carbons (Fsp3) is 0.417. The predicted molar refractivity (Wildman–Crippen MR) is 61.3 cm³/mol. The number of nitrogens with two attached hydrogens (primary N) is 1. The number of rotatable bonds is 4. The van der Waals surface area contributed by atoms with Crippen LogP contribution in [0.2, 0.25) is 0 Å². The van der Waals surface area contributed by atoms with Crippen LogP contribution in [0.3, 0.4) is 0 Å². The average molecular weight is 242 g/mol. The zero-order valence-corrected chi connectivity index (χ0v) is 9.91. The van der Waals surface area contributed by atoms with Crippen molar-refractivity contribution in [3.8, 4) is 0 Å². The van der Waals surface area contributed by atoms with Crippen LogP contribution in [0.25, 0.3) is 0 Å².